The summed E-state index contributed by atoms with van der Waals surface area (Å²) in [5, 5.41) is 0. The molecular weight excluding hydrogens is 332 g/mol. The molecule has 6 heteroatoms. The average molecular weight is 360 g/mol. The van der Waals surface area contributed by atoms with Crippen LogP contribution >= 0.6 is 0 Å². The van der Waals surface area contributed by atoms with Gasteiger partial charge in [0, 0.05) is 44.6 Å². The van der Waals surface area contributed by atoms with Gasteiger partial charge >= 0.3 is 0 Å². The van der Waals surface area contributed by atoms with Crippen molar-refractivity contribution >= 4 is 11.8 Å². The molecule has 0 radical (unpaired) electrons. The highest BCUT2D eigenvalue weighted by molar-refractivity contribution is 5.95. The van der Waals surface area contributed by atoms with Gasteiger partial charge in [-0.05, 0) is 23.6 Å². The molecule has 0 aliphatic carbocycles. The van der Waals surface area contributed by atoms with Crippen molar-refractivity contribution in [2.75, 3.05) is 39.4 Å². The fraction of sp³-hybridized carbons (Fsp3) is 0.600. The number of carbonyl (C=O) groups excluding carboxylic acids is 2. The van der Waals surface area contributed by atoms with Crippen LogP contribution in [0.1, 0.15) is 44.0 Å². The van der Waals surface area contributed by atoms with Crippen LogP contribution in [0.4, 0.5) is 0 Å². The number of benzene rings is 1. The monoisotopic (exact) mass is 360 g/mol. The van der Waals surface area contributed by atoms with Gasteiger partial charge in [0.05, 0.1) is 13.2 Å². The van der Waals surface area contributed by atoms with Crippen molar-refractivity contribution in [3.8, 4) is 11.5 Å². The SMILES string of the molecule is CC(C)(C)CC(=O)N1CCN(C(=O)c2ccc3c(c2)OCCCO3)CC1. The van der Waals surface area contributed by atoms with E-state index in [4.69, 9.17) is 9.47 Å². The van der Waals surface area contributed by atoms with Crippen molar-refractivity contribution in [2.45, 2.75) is 33.6 Å². The molecule has 0 atom stereocenters. The Kier molecular flexibility index (Phi) is 5.39. The second kappa shape index (κ2) is 7.56. The van der Waals surface area contributed by atoms with Crippen LogP contribution < -0.4 is 9.47 Å². The fourth-order valence-electron chi connectivity index (χ4n) is 3.20. The molecule has 1 fully saturated rings. The van der Waals surface area contributed by atoms with E-state index in [2.05, 4.69) is 20.8 Å². The van der Waals surface area contributed by atoms with Crippen LogP contribution in [0.2, 0.25) is 0 Å². The molecule has 0 aromatic heterocycles. The number of piperazine rings is 1. The van der Waals surface area contributed by atoms with E-state index in [1.165, 1.54) is 0 Å². The van der Waals surface area contributed by atoms with E-state index in [9.17, 15) is 9.59 Å². The zero-order valence-corrected chi connectivity index (χ0v) is 15.9. The van der Waals surface area contributed by atoms with E-state index in [1.54, 1.807) is 23.1 Å². The summed E-state index contributed by atoms with van der Waals surface area (Å²) in [5.41, 5.74) is 0.581. The summed E-state index contributed by atoms with van der Waals surface area (Å²) in [6.45, 7) is 9.71. The molecule has 0 bridgehead atoms. The van der Waals surface area contributed by atoms with E-state index in [1.807, 2.05) is 4.90 Å². The lowest BCUT2D eigenvalue weighted by Crippen LogP contribution is -2.51. The summed E-state index contributed by atoms with van der Waals surface area (Å²) in [6.07, 6.45) is 1.37. The van der Waals surface area contributed by atoms with Crippen molar-refractivity contribution in [1.82, 2.24) is 9.80 Å². The second-order valence-corrected chi connectivity index (χ2v) is 8.12. The third-order valence-corrected chi connectivity index (χ3v) is 4.60. The first-order valence-corrected chi connectivity index (χ1v) is 9.30. The molecule has 2 amide bonds. The Labute approximate surface area is 155 Å². The quantitative estimate of drug-likeness (QED) is 0.813. The first kappa shape index (κ1) is 18.5. The van der Waals surface area contributed by atoms with E-state index >= 15 is 0 Å². The van der Waals surface area contributed by atoms with Gasteiger partial charge in [-0.2, -0.15) is 0 Å². The van der Waals surface area contributed by atoms with E-state index < -0.39 is 0 Å². The molecule has 2 aliphatic heterocycles. The number of hydrogen-bond acceptors (Lipinski definition) is 4. The number of hydrogen-bond donors (Lipinski definition) is 0. The minimum absolute atomic E-state index is 0.0199. The van der Waals surface area contributed by atoms with Gasteiger partial charge in [-0.15, -0.1) is 0 Å². The lowest BCUT2D eigenvalue weighted by molar-refractivity contribution is -0.134. The molecular formula is C20H28N2O4. The van der Waals surface area contributed by atoms with Gasteiger partial charge < -0.3 is 19.3 Å². The summed E-state index contributed by atoms with van der Waals surface area (Å²) >= 11 is 0. The highest BCUT2D eigenvalue weighted by Gasteiger charge is 2.27. The Morgan fingerprint density at radius 3 is 2.23 bits per heavy atom. The van der Waals surface area contributed by atoms with Crippen molar-refractivity contribution in [1.29, 1.82) is 0 Å². The molecule has 6 nitrogen and oxygen atoms in total. The van der Waals surface area contributed by atoms with Crippen LogP contribution in [0.3, 0.4) is 0 Å². The molecule has 2 heterocycles. The Morgan fingerprint density at radius 2 is 1.58 bits per heavy atom. The molecule has 26 heavy (non-hydrogen) atoms. The lowest BCUT2D eigenvalue weighted by atomic mass is 9.91. The predicted octanol–water partition coefficient (Wildman–Crippen LogP) is 2.57. The van der Waals surface area contributed by atoms with Crippen LogP contribution in [0, 0.1) is 5.41 Å². The van der Waals surface area contributed by atoms with Crippen LogP contribution in [0.5, 0.6) is 11.5 Å². The minimum Gasteiger partial charge on any atom is -0.490 e. The maximum absolute atomic E-state index is 12.8. The zero-order chi connectivity index (χ0) is 18.7. The van der Waals surface area contributed by atoms with Crippen molar-refractivity contribution < 1.29 is 19.1 Å². The molecule has 0 saturated carbocycles. The fourth-order valence-corrected chi connectivity index (χ4v) is 3.20. The summed E-state index contributed by atoms with van der Waals surface area (Å²) < 4.78 is 11.3. The number of ether oxygens (including phenoxy) is 2. The van der Waals surface area contributed by atoms with Crippen LogP contribution in [-0.2, 0) is 4.79 Å². The molecule has 0 unspecified atom stereocenters. The standard InChI is InChI=1S/C20H28N2O4/c1-20(2,3)14-18(23)21-7-9-22(10-8-21)19(24)15-5-6-16-17(13-15)26-12-4-11-25-16/h5-6,13H,4,7-12,14H2,1-3H3. The molecule has 1 aromatic carbocycles. The summed E-state index contributed by atoms with van der Waals surface area (Å²) in [4.78, 5) is 28.8. The van der Waals surface area contributed by atoms with Gasteiger partial charge in [-0.1, -0.05) is 20.8 Å². The van der Waals surface area contributed by atoms with Crippen LogP contribution in [-0.4, -0.2) is 61.0 Å². The Morgan fingerprint density at radius 1 is 0.962 bits per heavy atom. The first-order chi connectivity index (χ1) is 12.3. The van der Waals surface area contributed by atoms with Gasteiger partial charge in [-0.3, -0.25) is 9.59 Å². The van der Waals surface area contributed by atoms with E-state index in [0.717, 1.165) is 6.42 Å². The van der Waals surface area contributed by atoms with Crippen molar-refractivity contribution in [3.05, 3.63) is 23.8 Å². The van der Waals surface area contributed by atoms with Gasteiger partial charge in [0.15, 0.2) is 11.5 Å². The highest BCUT2D eigenvalue weighted by atomic mass is 16.5. The smallest absolute Gasteiger partial charge is 0.254 e. The summed E-state index contributed by atoms with van der Waals surface area (Å²) in [7, 11) is 0. The van der Waals surface area contributed by atoms with Crippen molar-refractivity contribution in [2.24, 2.45) is 5.41 Å². The Hall–Kier alpha value is -2.24. The van der Waals surface area contributed by atoms with Gasteiger partial charge in [0.1, 0.15) is 0 Å². The average Bonchev–Trinajstić information content (AvgIpc) is 2.84. The maximum atomic E-state index is 12.8. The maximum Gasteiger partial charge on any atom is 0.254 e. The second-order valence-electron chi connectivity index (χ2n) is 8.12. The normalized spacial score (nSPS) is 17.7. The molecule has 0 spiro atoms. The third kappa shape index (κ3) is 4.48. The topological polar surface area (TPSA) is 59.1 Å². The molecule has 1 saturated heterocycles. The molecule has 1 aromatic rings. The summed E-state index contributed by atoms with van der Waals surface area (Å²) in [6, 6.07) is 5.35. The first-order valence-electron chi connectivity index (χ1n) is 9.30. The number of rotatable bonds is 2. The lowest BCUT2D eigenvalue weighted by Gasteiger charge is -2.36. The van der Waals surface area contributed by atoms with E-state index in [0.29, 0.717) is 62.9 Å². The predicted molar refractivity (Wildman–Crippen MR) is 98.6 cm³/mol. The van der Waals surface area contributed by atoms with Crippen LogP contribution in [0.25, 0.3) is 0 Å². The number of amides is 2. The van der Waals surface area contributed by atoms with Gasteiger partial charge in [0.2, 0.25) is 5.91 Å². The third-order valence-electron chi connectivity index (χ3n) is 4.60. The summed E-state index contributed by atoms with van der Waals surface area (Å²) in [5.74, 6) is 1.47. The van der Waals surface area contributed by atoms with Crippen LogP contribution in [0.15, 0.2) is 18.2 Å². The minimum atomic E-state index is -0.0245. The number of fused-ring (bicyclic) bond motifs is 1. The Balaban J connectivity index is 1.60. The number of nitrogens with zero attached hydrogens (tertiary/aromatic N) is 2. The largest absolute Gasteiger partial charge is 0.490 e. The number of carbonyl (C=O) groups is 2. The molecule has 0 N–H and O–H groups in total. The zero-order valence-electron chi connectivity index (χ0n) is 15.9. The molecule has 142 valence electrons. The molecule has 2 aliphatic rings. The van der Waals surface area contributed by atoms with E-state index in [-0.39, 0.29) is 17.2 Å². The Bertz CT molecular complexity index is 673. The van der Waals surface area contributed by atoms with Gasteiger partial charge in [-0.25, -0.2) is 0 Å². The van der Waals surface area contributed by atoms with Crippen molar-refractivity contribution in [3.63, 3.8) is 0 Å². The van der Waals surface area contributed by atoms with Gasteiger partial charge in [0.25, 0.3) is 5.91 Å². The molecule has 3 rings (SSSR count). The highest BCUT2D eigenvalue weighted by Crippen LogP contribution is 2.31.